The third-order valence-electron chi connectivity index (χ3n) is 4.16. The highest BCUT2D eigenvalue weighted by molar-refractivity contribution is 7.91. The molecule has 0 aliphatic heterocycles. The highest BCUT2D eigenvalue weighted by atomic mass is 32.2. The van der Waals surface area contributed by atoms with Gasteiger partial charge in [-0.3, -0.25) is 0 Å². The predicted octanol–water partition coefficient (Wildman–Crippen LogP) is 3.46. The molecular formula is C16H18FNO2S2. The zero-order valence-corrected chi connectivity index (χ0v) is 13.9. The van der Waals surface area contributed by atoms with Gasteiger partial charge in [0.1, 0.15) is 10.0 Å². The van der Waals surface area contributed by atoms with Crippen LogP contribution in [0.25, 0.3) is 0 Å². The standard InChI is InChI=1S/C16H18FNO2S2/c1-2-14-7-8-15(21-14)22(19,20)18-11-16(9-10-16)12-3-5-13(17)6-4-12/h3-8,18H,2,9-11H2,1H3. The van der Waals surface area contributed by atoms with Crippen LogP contribution in [0.5, 0.6) is 0 Å². The van der Waals surface area contributed by atoms with Gasteiger partial charge < -0.3 is 0 Å². The van der Waals surface area contributed by atoms with Crippen molar-refractivity contribution in [2.75, 3.05) is 6.54 Å². The Kier molecular flexibility index (Phi) is 4.09. The minimum Gasteiger partial charge on any atom is -0.210 e. The number of hydrogen-bond donors (Lipinski definition) is 1. The summed E-state index contributed by atoms with van der Waals surface area (Å²) in [4.78, 5) is 1.06. The molecule has 1 heterocycles. The molecule has 0 amide bonds. The zero-order valence-electron chi connectivity index (χ0n) is 12.3. The van der Waals surface area contributed by atoms with Gasteiger partial charge in [0.25, 0.3) is 0 Å². The normalized spacial score (nSPS) is 16.6. The summed E-state index contributed by atoms with van der Waals surface area (Å²) in [6.45, 7) is 2.36. The van der Waals surface area contributed by atoms with Gasteiger partial charge in [0.15, 0.2) is 0 Å². The molecule has 0 spiro atoms. The Labute approximate surface area is 134 Å². The molecule has 1 aliphatic rings. The Morgan fingerprint density at radius 1 is 1.18 bits per heavy atom. The first kappa shape index (κ1) is 15.6. The van der Waals surface area contributed by atoms with E-state index in [4.69, 9.17) is 0 Å². The highest BCUT2D eigenvalue weighted by Gasteiger charge is 2.44. The summed E-state index contributed by atoms with van der Waals surface area (Å²) in [6.07, 6.45) is 2.68. The second kappa shape index (κ2) is 5.76. The molecule has 0 atom stereocenters. The first-order valence-electron chi connectivity index (χ1n) is 7.30. The minimum atomic E-state index is -3.46. The Morgan fingerprint density at radius 2 is 1.86 bits per heavy atom. The molecule has 1 aromatic heterocycles. The van der Waals surface area contributed by atoms with Crippen molar-refractivity contribution in [3.63, 3.8) is 0 Å². The molecule has 118 valence electrons. The molecule has 0 unspecified atom stereocenters. The molecule has 1 aliphatic carbocycles. The number of thiophene rings is 1. The van der Waals surface area contributed by atoms with Crippen molar-refractivity contribution in [1.82, 2.24) is 4.72 Å². The van der Waals surface area contributed by atoms with E-state index in [2.05, 4.69) is 4.72 Å². The average Bonchev–Trinajstić information content (AvgIpc) is 3.13. The number of rotatable bonds is 6. The maximum Gasteiger partial charge on any atom is 0.250 e. The summed E-state index contributed by atoms with van der Waals surface area (Å²) >= 11 is 1.31. The molecule has 0 radical (unpaired) electrons. The molecule has 1 fully saturated rings. The van der Waals surface area contributed by atoms with Gasteiger partial charge in [0.05, 0.1) is 0 Å². The third kappa shape index (κ3) is 3.09. The molecule has 22 heavy (non-hydrogen) atoms. The van der Waals surface area contributed by atoms with E-state index < -0.39 is 10.0 Å². The van der Waals surface area contributed by atoms with Gasteiger partial charge in [-0.25, -0.2) is 17.5 Å². The number of halogens is 1. The lowest BCUT2D eigenvalue weighted by Crippen LogP contribution is -2.31. The maximum atomic E-state index is 13.0. The molecule has 6 heteroatoms. The van der Waals surface area contributed by atoms with Crippen LogP contribution in [-0.2, 0) is 21.9 Å². The van der Waals surface area contributed by atoms with Gasteiger partial charge in [-0.05, 0) is 49.1 Å². The summed E-state index contributed by atoms with van der Waals surface area (Å²) in [6, 6.07) is 9.86. The van der Waals surface area contributed by atoms with E-state index in [0.717, 1.165) is 29.7 Å². The summed E-state index contributed by atoms with van der Waals surface area (Å²) in [5, 5.41) is 0. The van der Waals surface area contributed by atoms with Crippen molar-refractivity contribution in [3.8, 4) is 0 Å². The molecule has 3 nitrogen and oxygen atoms in total. The van der Waals surface area contributed by atoms with Crippen LogP contribution in [0.1, 0.15) is 30.2 Å². The summed E-state index contributed by atoms with van der Waals surface area (Å²) in [5.41, 5.74) is 0.822. The van der Waals surface area contributed by atoms with Crippen LogP contribution in [0, 0.1) is 5.82 Å². The van der Waals surface area contributed by atoms with Crippen LogP contribution in [0.4, 0.5) is 4.39 Å². The fraction of sp³-hybridized carbons (Fsp3) is 0.375. The number of hydrogen-bond acceptors (Lipinski definition) is 3. The van der Waals surface area contributed by atoms with Crippen LogP contribution in [-0.4, -0.2) is 15.0 Å². The van der Waals surface area contributed by atoms with Crippen molar-refractivity contribution in [2.45, 2.75) is 35.8 Å². The van der Waals surface area contributed by atoms with E-state index in [1.165, 1.54) is 23.5 Å². The number of benzene rings is 1. The van der Waals surface area contributed by atoms with Gasteiger partial charge in [-0.15, -0.1) is 11.3 Å². The van der Waals surface area contributed by atoms with Gasteiger partial charge in [-0.1, -0.05) is 19.1 Å². The van der Waals surface area contributed by atoms with Crippen LogP contribution < -0.4 is 4.72 Å². The van der Waals surface area contributed by atoms with Crippen molar-refractivity contribution in [2.24, 2.45) is 0 Å². The lowest BCUT2D eigenvalue weighted by Gasteiger charge is -2.16. The first-order valence-corrected chi connectivity index (χ1v) is 9.60. The number of aryl methyl sites for hydroxylation is 1. The molecule has 1 aromatic carbocycles. The largest absolute Gasteiger partial charge is 0.250 e. The van der Waals surface area contributed by atoms with Crippen molar-refractivity contribution in [3.05, 3.63) is 52.7 Å². The van der Waals surface area contributed by atoms with E-state index in [1.807, 2.05) is 13.0 Å². The van der Waals surface area contributed by atoms with E-state index in [-0.39, 0.29) is 11.2 Å². The van der Waals surface area contributed by atoms with Crippen LogP contribution in [0.3, 0.4) is 0 Å². The van der Waals surface area contributed by atoms with E-state index in [9.17, 15) is 12.8 Å². The van der Waals surface area contributed by atoms with Crippen molar-refractivity contribution < 1.29 is 12.8 Å². The van der Waals surface area contributed by atoms with E-state index in [1.54, 1.807) is 18.2 Å². The molecule has 0 saturated heterocycles. The zero-order chi connectivity index (χ0) is 15.8. The maximum absolute atomic E-state index is 13.0. The average molecular weight is 339 g/mol. The van der Waals surface area contributed by atoms with Crippen LogP contribution in [0.15, 0.2) is 40.6 Å². The summed E-state index contributed by atoms with van der Waals surface area (Å²) in [5.74, 6) is -0.272. The molecular weight excluding hydrogens is 321 g/mol. The highest BCUT2D eigenvalue weighted by Crippen LogP contribution is 2.47. The number of nitrogens with one attached hydrogen (secondary N) is 1. The Morgan fingerprint density at radius 3 is 2.41 bits per heavy atom. The molecule has 1 saturated carbocycles. The topological polar surface area (TPSA) is 46.2 Å². The predicted molar refractivity (Wildman–Crippen MR) is 86.2 cm³/mol. The summed E-state index contributed by atoms with van der Waals surface area (Å²) < 4.78 is 40.8. The fourth-order valence-electron chi connectivity index (χ4n) is 2.52. The van der Waals surface area contributed by atoms with Crippen LogP contribution >= 0.6 is 11.3 Å². The van der Waals surface area contributed by atoms with Gasteiger partial charge in [0.2, 0.25) is 10.0 Å². The van der Waals surface area contributed by atoms with Gasteiger partial charge in [0, 0.05) is 16.8 Å². The number of sulfonamides is 1. The molecule has 1 N–H and O–H groups in total. The second-order valence-electron chi connectivity index (χ2n) is 5.69. The fourth-order valence-corrected chi connectivity index (χ4v) is 4.99. The molecule has 2 aromatic rings. The van der Waals surface area contributed by atoms with Gasteiger partial charge >= 0.3 is 0 Å². The monoisotopic (exact) mass is 339 g/mol. The minimum absolute atomic E-state index is 0.175. The van der Waals surface area contributed by atoms with E-state index >= 15 is 0 Å². The third-order valence-corrected chi connectivity index (χ3v) is 7.28. The Balaban J connectivity index is 1.72. The molecule has 0 bridgehead atoms. The summed E-state index contributed by atoms with van der Waals surface area (Å²) in [7, 11) is -3.46. The van der Waals surface area contributed by atoms with Crippen molar-refractivity contribution in [1.29, 1.82) is 0 Å². The van der Waals surface area contributed by atoms with Crippen molar-refractivity contribution >= 4 is 21.4 Å². The van der Waals surface area contributed by atoms with Crippen LogP contribution in [0.2, 0.25) is 0 Å². The second-order valence-corrected chi connectivity index (χ2v) is 8.85. The quantitative estimate of drug-likeness (QED) is 0.876. The van der Waals surface area contributed by atoms with E-state index in [0.29, 0.717) is 10.8 Å². The smallest absolute Gasteiger partial charge is 0.210 e. The Bertz CT molecular complexity index is 762. The molecule has 3 rings (SSSR count). The SMILES string of the molecule is CCc1ccc(S(=O)(=O)NCC2(c3ccc(F)cc3)CC2)s1. The van der Waals surface area contributed by atoms with Gasteiger partial charge in [-0.2, -0.15) is 0 Å². The Hall–Kier alpha value is -1.24. The lowest BCUT2D eigenvalue weighted by molar-refractivity contribution is 0.568. The lowest BCUT2D eigenvalue weighted by atomic mass is 9.96. The first-order chi connectivity index (χ1) is 10.5.